The molecule has 0 fully saturated rings. The van der Waals surface area contributed by atoms with E-state index in [1.807, 2.05) is 25.1 Å². The van der Waals surface area contributed by atoms with Crippen LogP contribution < -0.4 is 5.32 Å². The predicted octanol–water partition coefficient (Wildman–Crippen LogP) is 2.92. The zero-order valence-electron chi connectivity index (χ0n) is 13.2. The third kappa shape index (κ3) is 4.10. The summed E-state index contributed by atoms with van der Waals surface area (Å²) in [5.41, 5.74) is 2.60. The van der Waals surface area contributed by atoms with E-state index >= 15 is 0 Å². The van der Waals surface area contributed by atoms with Crippen molar-refractivity contribution in [3.8, 4) is 0 Å². The van der Waals surface area contributed by atoms with Gasteiger partial charge in [-0.2, -0.15) is 5.10 Å². The summed E-state index contributed by atoms with van der Waals surface area (Å²) in [6.07, 6.45) is 0. The lowest BCUT2D eigenvalue weighted by Gasteiger charge is -2.08. The van der Waals surface area contributed by atoms with Crippen molar-refractivity contribution in [3.63, 3.8) is 0 Å². The van der Waals surface area contributed by atoms with Gasteiger partial charge in [0.1, 0.15) is 6.54 Å². The Balaban J connectivity index is 2.21. The van der Waals surface area contributed by atoms with Crippen LogP contribution in [0.15, 0.2) is 24.3 Å². The summed E-state index contributed by atoms with van der Waals surface area (Å²) in [7, 11) is 0. The van der Waals surface area contributed by atoms with Gasteiger partial charge in [0.05, 0.1) is 29.2 Å². The standard InChI is InChI=1S/C16H18IN3O3/c1-4-23-14(21)9-20-11(3)15(10(2)19-20)18-16(22)12-7-5-6-8-13(12)17/h5-8H,4,9H2,1-3H3,(H,18,22). The summed E-state index contributed by atoms with van der Waals surface area (Å²) in [6, 6.07) is 7.34. The van der Waals surface area contributed by atoms with Gasteiger partial charge in [-0.3, -0.25) is 14.3 Å². The topological polar surface area (TPSA) is 73.2 Å². The number of carbonyl (C=O) groups excluding carboxylic acids is 2. The number of hydrogen-bond donors (Lipinski definition) is 1. The van der Waals surface area contributed by atoms with Crippen LogP contribution in [-0.2, 0) is 16.1 Å². The van der Waals surface area contributed by atoms with Crippen molar-refractivity contribution < 1.29 is 14.3 Å². The highest BCUT2D eigenvalue weighted by Gasteiger charge is 2.18. The Kier molecular flexibility index (Phi) is 5.75. The van der Waals surface area contributed by atoms with E-state index in [1.54, 1.807) is 24.6 Å². The van der Waals surface area contributed by atoms with E-state index < -0.39 is 0 Å². The molecule has 0 spiro atoms. The van der Waals surface area contributed by atoms with Crippen LogP contribution in [0.2, 0.25) is 0 Å². The minimum Gasteiger partial charge on any atom is -0.465 e. The van der Waals surface area contributed by atoms with Crippen LogP contribution in [0.5, 0.6) is 0 Å². The van der Waals surface area contributed by atoms with E-state index in [1.165, 1.54) is 0 Å². The van der Waals surface area contributed by atoms with Gasteiger partial charge in [-0.05, 0) is 55.5 Å². The maximum atomic E-state index is 12.4. The molecule has 2 aromatic rings. The van der Waals surface area contributed by atoms with Crippen molar-refractivity contribution in [1.82, 2.24) is 9.78 Å². The van der Waals surface area contributed by atoms with Gasteiger partial charge >= 0.3 is 5.97 Å². The molecule has 0 saturated heterocycles. The number of carbonyl (C=O) groups is 2. The number of esters is 1. The van der Waals surface area contributed by atoms with Crippen LogP contribution >= 0.6 is 22.6 Å². The number of benzene rings is 1. The molecule has 0 saturated carbocycles. The first-order valence-corrected chi connectivity index (χ1v) is 8.27. The van der Waals surface area contributed by atoms with Crippen LogP contribution in [0.3, 0.4) is 0 Å². The van der Waals surface area contributed by atoms with Crippen LogP contribution in [-0.4, -0.2) is 28.3 Å². The van der Waals surface area contributed by atoms with Gasteiger partial charge in [0.25, 0.3) is 5.91 Å². The first-order valence-electron chi connectivity index (χ1n) is 7.19. The lowest BCUT2D eigenvalue weighted by Crippen LogP contribution is -2.17. The second kappa shape index (κ2) is 7.58. The molecule has 0 unspecified atom stereocenters. The van der Waals surface area contributed by atoms with E-state index in [0.29, 0.717) is 23.6 Å². The molecule has 0 atom stereocenters. The van der Waals surface area contributed by atoms with Crippen molar-refractivity contribution in [2.75, 3.05) is 11.9 Å². The second-order valence-corrected chi connectivity index (χ2v) is 6.10. The number of amides is 1. The first kappa shape index (κ1) is 17.5. The molecule has 1 amide bonds. The highest BCUT2D eigenvalue weighted by Crippen LogP contribution is 2.21. The largest absolute Gasteiger partial charge is 0.465 e. The molecule has 0 aliphatic rings. The Hall–Kier alpha value is -1.90. The molecule has 6 nitrogen and oxygen atoms in total. The molecule has 7 heteroatoms. The SMILES string of the molecule is CCOC(=O)Cn1nc(C)c(NC(=O)c2ccccc2I)c1C. The summed E-state index contributed by atoms with van der Waals surface area (Å²) in [5.74, 6) is -0.550. The zero-order valence-corrected chi connectivity index (χ0v) is 15.4. The Morgan fingerprint density at radius 2 is 2.00 bits per heavy atom. The third-order valence-corrected chi connectivity index (χ3v) is 4.26. The number of anilines is 1. The lowest BCUT2D eigenvalue weighted by atomic mass is 10.2. The number of halogens is 1. The number of nitrogens with one attached hydrogen (secondary N) is 1. The van der Waals surface area contributed by atoms with Gasteiger partial charge in [0.15, 0.2) is 0 Å². The highest BCUT2D eigenvalue weighted by atomic mass is 127. The summed E-state index contributed by atoms with van der Waals surface area (Å²) in [4.78, 5) is 24.0. The average Bonchev–Trinajstić information content (AvgIpc) is 2.75. The average molecular weight is 427 g/mol. The quantitative estimate of drug-likeness (QED) is 0.589. The summed E-state index contributed by atoms with van der Waals surface area (Å²) in [5, 5.41) is 7.18. The third-order valence-electron chi connectivity index (χ3n) is 3.32. The van der Waals surface area contributed by atoms with E-state index in [2.05, 4.69) is 33.0 Å². The molecule has 0 bridgehead atoms. The number of rotatable bonds is 5. The second-order valence-electron chi connectivity index (χ2n) is 4.94. The number of ether oxygens (including phenoxy) is 1. The molecule has 1 aromatic carbocycles. The van der Waals surface area contributed by atoms with E-state index in [0.717, 1.165) is 9.26 Å². The molecule has 2 rings (SSSR count). The molecule has 1 aromatic heterocycles. The maximum Gasteiger partial charge on any atom is 0.327 e. The fourth-order valence-corrected chi connectivity index (χ4v) is 2.82. The van der Waals surface area contributed by atoms with Crippen molar-refractivity contribution in [3.05, 3.63) is 44.8 Å². The predicted molar refractivity (Wildman–Crippen MR) is 95.4 cm³/mol. The van der Waals surface area contributed by atoms with E-state index in [9.17, 15) is 9.59 Å². The lowest BCUT2D eigenvalue weighted by molar-refractivity contribution is -0.144. The van der Waals surface area contributed by atoms with Crippen molar-refractivity contribution >= 4 is 40.2 Å². The molecule has 1 heterocycles. The Morgan fingerprint density at radius 3 is 2.65 bits per heavy atom. The Labute approximate surface area is 148 Å². The summed E-state index contributed by atoms with van der Waals surface area (Å²) < 4.78 is 7.34. The molecule has 0 aliphatic carbocycles. The Morgan fingerprint density at radius 1 is 1.30 bits per heavy atom. The van der Waals surface area contributed by atoms with E-state index in [-0.39, 0.29) is 18.4 Å². The normalized spacial score (nSPS) is 10.4. The van der Waals surface area contributed by atoms with Crippen LogP contribution in [0.25, 0.3) is 0 Å². The molecule has 122 valence electrons. The summed E-state index contributed by atoms with van der Waals surface area (Å²) in [6.45, 7) is 5.71. The van der Waals surface area contributed by atoms with Gasteiger partial charge in [0.2, 0.25) is 0 Å². The Bertz CT molecular complexity index is 740. The van der Waals surface area contributed by atoms with Gasteiger partial charge < -0.3 is 10.1 Å². The van der Waals surface area contributed by atoms with Crippen molar-refractivity contribution in [2.45, 2.75) is 27.3 Å². The van der Waals surface area contributed by atoms with Gasteiger partial charge in [-0.1, -0.05) is 12.1 Å². The highest BCUT2D eigenvalue weighted by molar-refractivity contribution is 14.1. The van der Waals surface area contributed by atoms with E-state index in [4.69, 9.17) is 4.74 Å². The number of aromatic nitrogens is 2. The zero-order chi connectivity index (χ0) is 17.0. The molecular formula is C16H18IN3O3. The molecule has 0 radical (unpaired) electrons. The minimum absolute atomic E-state index is 0.0270. The van der Waals surface area contributed by atoms with Crippen LogP contribution in [0, 0.1) is 17.4 Å². The molecule has 0 aliphatic heterocycles. The summed E-state index contributed by atoms with van der Waals surface area (Å²) >= 11 is 2.12. The van der Waals surface area contributed by atoms with Gasteiger partial charge in [-0.25, -0.2) is 0 Å². The number of nitrogens with zero attached hydrogens (tertiary/aromatic N) is 2. The fraction of sp³-hybridized carbons (Fsp3) is 0.312. The maximum absolute atomic E-state index is 12.4. The smallest absolute Gasteiger partial charge is 0.327 e. The van der Waals surface area contributed by atoms with Crippen LogP contribution in [0.4, 0.5) is 5.69 Å². The molecule has 23 heavy (non-hydrogen) atoms. The van der Waals surface area contributed by atoms with Crippen molar-refractivity contribution in [2.24, 2.45) is 0 Å². The number of aryl methyl sites for hydroxylation is 1. The van der Waals surface area contributed by atoms with Crippen molar-refractivity contribution in [1.29, 1.82) is 0 Å². The molecular weight excluding hydrogens is 409 g/mol. The van der Waals surface area contributed by atoms with Gasteiger partial charge in [0, 0.05) is 3.57 Å². The number of hydrogen-bond acceptors (Lipinski definition) is 4. The fourth-order valence-electron chi connectivity index (χ4n) is 2.19. The van der Waals surface area contributed by atoms with Gasteiger partial charge in [-0.15, -0.1) is 0 Å². The minimum atomic E-state index is -0.353. The molecule has 1 N–H and O–H groups in total. The van der Waals surface area contributed by atoms with Crippen LogP contribution in [0.1, 0.15) is 28.7 Å². The first-order chi connectivity index (χ1) is 10.9. The monoisotopic (exact) mass is 427 g/mol.